The number of hydrogen-bond acceptors (Lipinski definition) is 5. The van der Waals surface area contributed by atoms with E-state index < -0.39 is 10.0 Å². The standard InChI is InChI=1S/C15H20N2O5S/c18-10-8-16-23(21,22)11-5-1-4-9-17-14(19)12-6-2-3-7-13(12)15(17)20/h2-3,6-7,16,18H,1,4-5,8-11H2. The monoisotopic (exact) mass is 340 g/mol. The van der Waals surface area contributed by atoms with Crippen LogP contribution >= 0.6 is 0 Å². The predicted molar refractivity (Wildman–Crippen MR) is 84.5 cm³/mol. The number of nitrogens with zero attached hydrogens (tertiary/aromatic N) is 1. The van der Waals surface area contributed by atoms with Gasteiger partial charge < -0.3 is 5.11 Å². The maximum atomic E-state index is 12.1. The molecule has 0 aliphatic carbocycles. The number of carbonyl (C=O) groups is 2. The number of fused-ring (bicyclic) bond motifs is 1. The molecule has 1 aliphatic heterocycles. The fourth-order valence-corrected chi connectivity index (χ4v) is 3.59. The molecule has 1 aromatic rings. The zero-order valence-electron chi connectivity index (χ0n) is 12.7. The summed E-state index contributed by atoms with van der Waals surface area (Å²) in [5.74, 6) is -0.611. The van der Waals surface area contributed by atoms with Crippen molar-refractivity contribution in [1.29, 1.82) is 0 Å². The van der Waals surface area contributed by atoms with Crippen LogP contribution in [0.3, 0.4) is 0 Å². The van der Waals surface area contributed by atoms with Gasteiger partial charge in [-0.1, -0.05) is 18.6 Å². The van der Waals surface area contributed by atoms with Crippen molar-refractivity contribution < 1.29 is 23.1 Å². The summed E-state index contributed by atoms with van der Waals surface area (Å²) in [4.78, 5) is 25.5. The Morgan fingerprint density at radius 2 is 1.61 bits per heavy atom. The summed E-state index contributed by atoms with van der Waals surface area (Å²) < 4.78 is 25.3. The summed E-state index contributed by atoms with van der Waals surface area (Å²) in [6.45, 7) is 0.0623. The molecule has 0 unspecified atom stereocenters. The molecule has 0 saturated carbocycles. The zero-order chi connectivity index (χ0) is 16.9. The predicted octanol–water partition coefficient (Wildman–Crippen LogP) is 0.365. The highest BCUT2D eigenvalue weighted by molar-refractivity contribution is 7.89. The Bertz CT molecular complexity index is 652. The summed E-state index contributed by atoms with van der Waals surface area (Å²) in [7, 11) is -3.37. The van der Waals surface area contributed by atoms with Gasteiger partial charge in [-0.05, 0) is 25.0 Å². The number of nitrogens with one attached hydrogen (secondary N) is 1. The number of imide groups is 1. The van der Waals surface area contributed by atoms with E-state index >= 15 is 0 Å². The molecule has 0 saturated heterocycles. The Kier molecular flexibility index (Phi) is 5.86. The Morgan fingerprint density at radius 1 is 1.00 bits per heavy atom. The van der Waals surface area contributed by atoms with Crippen LogP contribution in [0.2, 0.25) is 0 Å². The van der Waals surface area contributed by atoms with E-state index in [1.54, 1.807) is 24.3 Å². The highest BCUT2D eigenvalue weighted by Crippen LogP contribution is 2.22. The van der Waals surface area contributed by atoms with Crippen LogP contribution in [-0.2, 0) is 10.0 Å². The highest BCUT2D eigenvalue weighted by Gasteiger charge is 2.34. The number of sulfonamides is 1. The first-order valence-electron chi connectivity index (χ1n) is 7.49. The quantitative estimate of drug-likeness (QED) is 0.499. The fraction of sp³-hybridized carbons (Fsp3) is 0.467. The molecule has 0 radical (unpaired) electrons. The van der Waals surface area contributed by atoms with Gasteiger partial charge in [0.1, 0.15) is 0 Å². The second-order valence-electron chi connectivity index (χ2n) is 5.31. The van der Waals surface area contributed by atoms with Crippen LogP contribution in [0.5, 0.6) is 0 Å². The average Bonchev–Trinajstić information content (AvgIpc) is 2.78. The molecule has 126 valence electrons. The van der Waals surface area contributed by atoms with Crippen molar-refractivity contribution >= 4 is 21.8 Å². The number of carbonyl (C=O) groups excluding carboxylic acids is 2. The molecule has 0 fully saturated rings. The number of amides is 2. The maximum absolute atomic E-state index is 12.1. The maximum Gasteiger partial charge on any atom is 0.261 e. The summed E-state index contributed by atoms with van der Waals surface area (Å²) >= 11 is 0. The van der Waals surface area contributed by atoms with Gasteiger partial charge in [0.25, 0.3) is 11.8 Å². The van der Waals surface area contributed by atoms with Gasteiger partial charge in [0, 0.05) is 13.1 Å². The number of benzene rings is 1. The third kappa shape index (κ3) is 4.37. The van der Waals surface area contributed by atoms with Crippen LogP contribution in [-0.4, -0.2) is 55.7 Å². The van der Waals surface area contributed by atoms with Crippen LogP contribution in [0.15, 0.2) is 24.3 Å². The molecule has 2 amide bonds. The van der Waals surface area contributed by atoms with Gasteiger partial charge in [-0.3, -0.25) is 14.5 Å². The van der Waals surface area contributed by atoms with Crippen LogP contribution in [0.1, 0.15) is 40.0 Å². The van der Waals surface area contributed by atoms with E-state index in [0.717, 1.165) is 0 Å². The zero-order valence-corrected chi connectivity index (χ0v) is 13.5. The third-order valence-corrected chi connectivity index (χ3v) is 5.08. The molecule has 0 spiro atoms. The first kappa shape index (κ1) is 17.6. The minimum atomic E-state index is -3.37. The van der Waals surface area contributed by atoms with Crippen molar-refractivity contribution in [2.45, 2.75) is 19.3 Å². The van der Waals surface area contributed by atoms with E-state index in [-0.39, 0.29) is 37.3 Å². The summed E-state index contributed by atoms with van der Waals surface area (Å²) in [5, 5.41) is 8.59. The summed E-state index contributed by atoms with van der Waals surface area (Å²) in [5.41, 5.74) is 0.849. The number of aliphatic hydroxyl groups excluding tert-OH is 1. The van der Waals surface area contributed by atoms with E-state index in [4.69, 9.17) is 5.11 Å². The lowest BCUT2D eigenvalue weighted by molar-refractivity contribution is 0.0651. The first-order valence-corrected chi connectivity index (χ1v) is 9.15. The van der Waals surface area contributed by atoms with Gasteiger partial charge in [-0.15, -0.1) is 0 Å². The van der Waals surface area contributed by atoms with E-state index in [2.05, 4.69) is 4.72 Å². The highest BCUT2D eigenvalue weighted by atomic mass is 32.2. The Morgan fingerprint density at radius 3 is 2.17 bits per heavy atom. The minimum absolute atomic E-state index is 0.0113. The van der Waals surface area contributed by atoms with Gasteiger partial charge in [-0.2, -0.15) is 0 Å². The second kappa shape index (κ2) is 7.67. The van der Waals surface area contributed by atoms with Gasteiger partial charge in [0.05, 0.1) is 23.5 Å². The molecular formula is C15H20N2O5S. The molecule has 1 aliphatic rings. The fourth-order valence-electron chi connectivity index (χ4n) is 2.45. The topological polar surface area (TPSA) is 104 Å². The lowest BCUT2D eigenvalue weighted by atomic mass is 10.1. The first-order chi connectivity index (χ1) is 11.0. The minimum Gasteiger partial charge on any atom is -0.395 e. The molecule has 1 aromatic carbocycles. The van der Waals surface area contributed by atoms with Crippen molar-refractivity contribution in [3.05, 3.63) is 35.4 Å². The number of hydrogen-bond donors (Lipinski definition) is 2. The Hall–Kier alpha value is -1.77. The van der Waals surface area contributed by atoms with E-state index in [0.29, 0.717) is 30.4 Å². The van der Waals surface area contributed by atoms with Gasteiger partial charge in [0.2, 0.25) is 10.0 Å². The molecule has 2 N–H and O–H groups in total. The third-order valence-electron chi connectivity index (χ3n) is 3.61. The molecule has 0 bridgehead atoms. The lowest BCUT2D eigenvalue weighted by Crippen LogP contribution is -2.31. The van der Waals surface area contributed by atoms with E-state index in [1.807, 2.05) is 0 Å². The molecule has 23 heavy (non-hydrogen) atoms. The molecular weight excluding hydrogens is 320 g/mol. The van der Waals surface area contributed by atoms with E-state index in [1.165, 1.54) is 4.90 Å². The molecule has 8 heteroatoms. The molecule has 0 atom stereocenters. The number of rotatable bonds is 9. The SMILES string of the molecule is O=C1c2ccccc2C(=O)N1CCCCCS(=O)(=O)NCCO. The molecule has 0 aromatic heterocycles. The average molecular weight is 340 g/mol. The van der Waals surface area contributed by atoms with Crippen molar-refractivity contribution in [3.8, 4) is 0 Å². The summed E-state index contributed by atoms with van der Waals surface area (Å²) in [6.07, 6.45) is 1.58. The van der Waals surface area contributed by atoms with Crippen LogP contribution in [0, 0.1) is 0 Å². The molecule has 7 nitrogen and oxygen atoms in total. The normalized spacial score (nSPS) is 14.4. The summed E-state index contributed by atoms with van der Waals surface area (Å²) in [6, 6.07) is 6.71. The molecule has 2 rings (SSSR count). The van der Waals surface area contributed by atoms with Crippen molar-refractivity contribution in [3.63, 3.8) is 0 Å². The largest absolute Gasteiger partial charge is 0.395 e. The van der Waals surface area contributed by atoms with Crippen molar-refractivity contribution in [1.82, 2.24) is 9.62 Å². The Labute approximate surface area is 135 Å². The van der Waals surface area contributed by atoms with Crippen LogP contribution < -0.4 is 4.72 Å². The van der Waals surface area contributed by atoms with Crippen LogP contribution in [0.4, 0.5) is 0 Å². The van der Waals surface area contributed by atoms with Gasteiger partial charge in [0.15, 0.2) is 0 Å². The Balaban J connectivity index is 1.76. The van der Waals surface area contributed by atoms with Gasteiger partial charge >= 0.3 is 0 Å². The number of aliphatic hydroxyl groups is 1. The number of unbranched alkanes of at least 4 members (excludes halogenated alkanes) is 2. The van der Waals surface area contributed by atoms with Crippen LogP contribution in [0.25, 0.3) is 0 Å². The second-order valence-corrected chi connectivity index (χ2v) is 7.23. The molecule has 1 heterocycles. The van der Waals surface area contributed by atoms with Crippen molar-refractivity contribution in [2.24, 2.45) is 0 Å². The van der Waals surface area contributed by atoms with E-state index in [9.17, 15) is 18.0 Å². The van der Waals surface area contributed by atoms with Crippen molar-refractivity contribution in [2.75, 3.05) is 25.4 Å². The smallest absolute Gasteiger partial charge is 0.261 e. The van der Waals surface area contributed by atoms with Gasteiger partial charge in [-0.25, -0.2) is 13.1 Å². The lowest BCUT2D eigenvalue weighted by Gasteiger charge is -2.13.